The SMILES string of the molecule is CCCn1c(=O)c2[nH]c(-c3cc(OC4CCN(c5ccc(F)cc5)CC4)no3)nc2n(CCC)c1=O. The molecule has 0 aliphatic carbocycles. The summed E-state index contributed by atoms with van der Waals surface area (Å²) in [4.78, 5) is 35.5. The third kappa shape index (κ3) is 4.52. The fraction of sp³-hybridized carbons (Fsp3) is 0.440. The van der Waals surface area contributed by atoms with E-state index in [-0.39, 0.29) is 23.1 Å². The van der Waals surface area contributed by atoms with Gasteiger partial charge in [-0.3, -0.25) is 13.9 Å². The highest BCUT2D eigenvalue weighted by atomic mass is 19.1. The van der Waals surface area contributed by atoms with Crippen LogP contribution in [0.15, 0.2) is 44.4 Å². The lowest BCUT2D eigenvalue weighted by Crippen LogP contribution is -2.40. The minimum Gasteiger partial charge on any atom is -0.472 e. The molecule has 1 aromatic carbocycles. The first-order valence-electron chi connectivity index (χ1n) is 12.4. The highest BCUT2D eigenvalue weighted by Gasteiger charge is 2.24. The van der Waals surface area contributed by atoms with Gasteiger partial charge in [0.25, 0.3) is 11.4 Å². The Balaban J connectivity index is 1.33. The zero-order valence-corrected chi connectivity index (χ0v) is 20.4. The van der Waals surface area contributed by atoms with E-state index in [9.17, 15) is 14.0 Å². The topological polar surface area (TPSA) is 111 Å². The smallest absolute Gasteiger partial charge is 0.332 e. The van der Waals surface area contributed by atoms with E-state index in [0.29, 0.717) is 42.6 Å². The minimum absolute atomic E-state index is 0.0358. The van der Waals surface area contributed by atoms with Crippen molar-refractivity contribution in [2.75, 3.05) is 18.0 Å². The first kappa shape index (κ1) is 23.8. The standard InChI is InChI=1S/C25H29FN6O4/c1-3-11-31-23-21(24(33)32(12-4-2)25(31)34)27-22(28-23)19-15-20(29-36-19)35-18-9-13-30(14-10-18)17-7-5-16(26)6-8-17/h5-8,15,18H,3-4,9-14H2,1-2H3,(H,27,28). The molecule has 0 unspecified atom stereocenters. The number of rotatable bonds is 8. The van der Waals surface area contributed by atoms with E-state index in [1.54, 1.807) is 18.2 Å². The number of piperidine rings is 1. The Morgan fingerprint density at radius 1 is 1.08 bits per heavy atom. The fourth-order valence-electron chi connectivity index (χ4n) is 4.61. The van der Waals surface area contributed by atoms with Crippen LogP contribution >= 0.6 is 0 Å². The second-order valence-corrected chi connectivity index (χ2v) is 8.99. The first-order chi connectivity index (χ1) is 17.5. The van der Waals surface area contributed by atoms with Crippen molar-refractivity contribution in [2.24, 2.45) is 0 Å². The summed E-state index contributed by atoms with van der Waals surface area (Å²) in [6, 6.07) is 8.13. The van der Waals surface area contributed by atoms with Crippen molar-refractivity contribution < 1.29 is 13.7 Å². The fourth-order valence-corrected chi connectivity index (χ4v) is 4.61. The monoisotopic (exact) mass is 496 g/mol. The average Bonchev–Trinajstić information content (AvgIpc) is 3.53. The Hall–Kier alpha value is -3.89. The Labute approximate surface area is 206 Å². The average molecular weight is 497 g/mol. The molecule has 36 heavy (non-hydrogen) atoms. The molecule has 10 nitrogen and oxygen atoms in total. The molecule has 0 amide bonds. The molecule has 5 rings (SSSR count). The Morgan fingerprint density at radius 2 is 1.78 bits per heavy atom. The van der Waals surface area contributed by atoms with Gasteiger partial charge in [-0.1, -0.05) is 13.8 Å². The summed E-state index contributed by atoms with van der Waals surface area (Å²) in [5.74, 6) is 0.722. The molecule has 1 fully saturated rings. The zero-order chi connectivity index (χ0) is 25.2. The molecule has 0 spiro atoms. The van der Waals surface area contributed by atoms with Crippen LogP contribution in [0.2, 0.25) is 0 Å². The third-order valence-corrected chi connectivity index (χ3v) is 6.40. The van der Waals surface area contributed by atoms with Gasteiger partial charge >= 0.3 is 5.69 Å². The number of nitrogens with zero attached hydrogens (tertiary/aromatic N) is 5. The highest BCUT2D eigenvalue weighted by molar-refractivity contribution is 5.74. The van der Waals surface area contributed by atoms with Gasteiger partial charge in [0, 0.05) is 44.7 Å². The number of imidazole rings is 1. The molecular weight excluding hydrogens is 467 g/mol. The van der Waals surface area contributed by atoms with Crippen LogP contribution in [0.3, 0.4) is 0 Å². The molecule has 4 aromatic rings. The van der Waals surface area contributed by atoms with Crippen molar-refractivity contribution in [3.8, 4) is 17.5 Å². The predicted molar refractivity (Wildman–Crippen MR) is 133 cm³/mol. The van der Waals surface area contributed by atoms with Crippen molar-refractivity contribution >= 4 is 16.9 Å². The summed E-state index contributed by atoms with van der Waals surface area (Å²) in [6.45, 7) is 6.23. The lowest BCUT2D eigenvalue weighted by molar-refractivity contribution is 0.156. The van der Waals surface area contributed by atoms with Crippen LogP contribution in [-0.2, 0) is 13.1 Å². The minimum atomic E-state index is -0.396. The molecule has 190 valence electrons. The number of benzene rings is 1. The van der Waals surface area contributed by atoms with E-state index in [1.165, 1.54) is 21.3 Å². The van der Waals surface area contributed by atoms with Gasteiger partial charge in [-0.05, 0) is 42.3 Å². The number of H-pyrrole nitrogens is 1. The van der Waals surface area contributed by atoms with Gasteiger partial charge in [0.2, 0.25) is 5.76 Å². The number of anilines is 1. The molecule has 11 heteroatoms. The highest BCUT2D eigenvalue weighted by Crippen LogP contribution is 2.26. The van der Waals surface area contributed by atoms with Gasteiger partial charge in [0.15, 0.2) is 17.0 Å². The lowest BCUT2D eigenvalue weighted by Gasteiger charge is -2.33. The number of aromatic nitrogens is 5. The molecular formula is C25H29FN6O4. The van der Waals surface area contributed by atoms with Crippen molar-refractivity contribution in [1.29, 1.82) is 0 Å². The van der Waals surface area contributed by atoms with Crippen molar-refractivity contribution in [2.45, 2.75) is 58.7 Å². The summed E-state index contributed by atoms with van der Waals surface area (Å²) in [7, 11) is 0. The van der Waals surface area contributed by atoms with Gasteiger partial charge in [0.1, 0.15) is 11.9 Å². The number of hydrogen-bond acceptors (Lipinski definition) is 7. The van der Waals surface area contributed by atoms with E-state index in [4.69, 9.17) is 9.26 Å². The largest absolute Gasteiger partial charge is 0.472 e. The van der Waals surface area contributed by atoms with Gasteiger partial charge in [-0.15, -0.1) is 0 Å². The summed E-state index contributed by atoms with van der Waals surface area (Å²) < 4.78 is 27.5. The number of nitrogens with one attached hydrogen (secondary N) is 1. The molecule has 4 heterocycles. The molecule has 3 aromatic heterocycles. The van der Waals surface area contributed by atoms with Gasteiger partial charge < -0.3 is 19.1 Å². The van der Waals surface area contributed by atoms with Crippen LogP contribution < -0.4 is 20.9 Å². The third-order valence-electron chi connectivity index (χ3n) is 6.40. The van der Waals surface area contributed by atoms with Crippen molar-refractivity contribution in [1.82, 2.24) is 24.3 Å². The Bertz CT molecular complexity index is 1460. The molecule has 1 aliphatic rings. The van der Waals surface area contributed by atoms with Crippen molar-refractivity contribution in [3.05, 3.63) is 57.0 Å². The summed E-state index contributed by atoms with van der Waals surface area (Å²) in [5.41, 5.74) is 0.803. The van der Waals surface area contributed by atoms with Crippen LogP contribution in [0, 0.1) is 5.82 Å². The number of aryl methyl sites for hydroxylation is 1. The Kier molecular flexibility index (Phi) is 6.62. The van der Waals surface area contributed by atoms with E-state index in [2.05, 4.69) is 20.0 Å². The quantitative estimate of drug-likeness (QED) is 0.397. The van der Waals surface area contributed by atoms with Gasteiger partial charge in [-0.2, -0.15) is 0 Å². The molecule has 1 saturated heterocycles. The number of halogens is 1. The normalized spacial score (nSPS) is 14.6. The van der Waals surface area contributed by atoms with E-state index in [0.717, 1.165) is 38.0 Å². The van der Waals surface area contributed by atoms with Gasteiger partial charge in [-0.25, -0.2) is 14.2 Å². The van der Waals surface area contributed by atoms with E-state index >= 15 is 0 Å². The number of aromatic amines is 1. The van der Waals surface area contributed by atoms with E-state index in [1.807, 2.05) is 13.8 Å². The van der Waals surface area contributed by atoms with Crippen LogP contribution in [-0.4, -0.2) is 43.5 Å². The van der Waals surface area contributed by atoms with E-state index < -0.39 is 5.56 Å². The molecule has 0 atom stereocenters. The molecule has 1 aliphatic heterocycles. The molecule has 1 N–H and O–H groups in total. The molecule has 0 saturated carbocycles. The van der Waals surface area contributed by atoms with Crippen LogP contribution in [0.4, 0.5) is 10.1 Å². The maximum Gasteiger partial charge on any atom is 0.332 e. The van der Waals surface area contributed by atoms with Gasteiger partial charge in [0.05, 0.1) is 6.07 Å². The predicted octanol–water partition coefficient (Wildman–Crippen LogP) is 3.55. The van der Waals surface area contributed by atoms with Crippen LogP contribution in [0.5, 0.6) is 5.88 Å². The van der Waals surface area contributed by atoms with Crippen LogP contribution in [0.1, 0.15) is 39.5 Å². The van der Waals surface area contributed by atoms with Crippen LogP contribution in [0.25, 0.3) is 22.7 Å². The number of fused-ring (bicyclic) bond motifs is 1. The second-order valence-electron chi connectivity index (χ2n) is 8.99. The number of ether oxygens (including phenoxy) is 1. The first-order valence-corrected chi connectivity index (χ1v) is 12.4. The summed E-state index contributed by atoms with van der Waals surface area (Å²) in [6.07, 6.45) is 2.92. The second kappa shape index (κ2) is 10.00. The van der Waals surface area contributed by atoms with Crippen molar-refractivity contribution in [3.63, 3.8) is 0 Å². The molecule has 0 radical (unpaired) electrons. The summed E-state index contributed by atoms with van der Waals surface area (Å²) in [5, 5.41) is 4.03. The lowest BCUT2D eigenvalue weighted by atomic mass is 10.1. The maximum absolute atomic E-state index is 13.2. The number of hydrogen-bond donors (Lipinski definition) is 1. The summed E-state index contributed by atoms with van der Waals surface area (Å²) >= 11 is 0. The zero-order valence-electron chi connectivity index (χ0n) is 20.4. The molecule has 0 bridgehead atoms. The Morgan fingerprint density at radius 3 is 2.47 bits per heavy atom. The maximum atomic E-state index is 13.2.